The van der Waals surface area contributed by atoms with E-state index in [1.165, 1.54) is 77.0 Å². The maximum Gasteiger partial charge on any atom is 0.0621 e. The minimum absolute atomic E-state index is 0.631. The van der Waals surface area contributed by atoms with Crippen LogP contribution in [0.1, 0.15) is 117 Å². The van der Waals surface area contributed by atoms with Gasteiger partial charge in [-0.1, -0.05) is 52.9 Å². The van der Waals surface area contributed by atoms with E-state index in [1.807, 2.05) is 0 Å². The highest BCUT2D eigenvalue weighted by atomic mass is 14.7. The first-order chi connectivity index (χ1) is 13.5. The van der Waals surface area contributed by atoms with E-state index in [0.29, 0.717) is 10.8 Å². The molecule has 0 radical (unpaired) electrons. The molecule has 0 spiro atoms. The molecule has 4 saturated carbocycles. The summed E-state index contributed by atoms with van der Waals surface area (Å²) in [6, 6.07) is 2.32. The fourth-order valence-corrected chi connectivity index (χ4v) is 9.37. The van der Waals surface area contributed by atoms with E-state index < -0.39 is 0 Å². The molecular weight excluding hydrogens is 338 g/mol. The molecule has 8 atom stereocenters. The standard InChI is InChI=1S/C27H45N/c1-4-20-19-22-24-14-13-21(11-7-5-6-10-18-28)26(24,2)17-15-25(22)27(3)16-9-8-12-23(20)27/h20-25H,4-17,19H2,1-3H3/t20-,21?,22?,23?,24?,25-,26?,27?/m0/s1. The molecule has 4 fully saturated rings. The van der Waals surface area contributed by atoms with Crippen LogP contribution in [0.25, 0.3) is 0 Å². The van der Waals surface area contributed by atoms with Crippen molar-refractivity contribution in [2.75, 3.05) is 0 Å². The maximum absolute atomic E-state index is 8.78. The molecule has 1 heteroatoms. The van der Waals surface area contributed by atoms with Crippen LogP contribution in [0.5, 0.6) is 0 Å². The summed E-state index contributed by atoms with van der Waals surface area (Å²) in [4.78, 5) is 0. The second-order valence-corrected chi connectivity index (χ2v) is 11.7. The predicted octanol–water partition coefficient (Wildman–Crippen LogP) is 8.15. The van der Waals surface area contributed by atoms with Crippen molar-refractivity contribution in [1.29, 1.82) is 5.26 Å². The van der Waals surface area contributed by atoms with Gasteiger partial charge < -0.3 is 0 Å². The van der Waals surface area contributed by atoms with Crippen molar-refractivity contribution in [1.82, 2.24) is 0 Å². The van der Waals surface area contributed by atoms with E-state index in [4.69, 9.17) is 5.26 Å². The normalized spacial score (nSPS) is 47.6. The van der Waals surface area contributed by atoms with Crippen molar-refractivity contribution < 1.29 is 0 Å². The molecule has 0 aliphatic heterocycles. The van der Waals surface area contributed by atoms with Crippen LogP contribution >= 0.6 is 0 Å². The van der Waals surface area contributed by atoms with Gasteiger partial charge in [0.2, 0.25) is 0 Å². The van der Waals surface area contributed by atoms with Gasteiger partial charge in [-0.2, -0.15) is 5.26 Å². The van der Waals surface area contributed by atoms with Crippen LogP contribution in [0.15, 0.2) is 0 Å². The second kappa shape index (κ2) is 8.32. The fourth-order valence-electron chi connectivity index (χ4n) is 9.37. The third-order valence-corrected chi connectivity index (χ3v) is 10.8. The molecule has 0 N–H and O–H groups in total. The molecule has 0 saturated heterocycles. The lowest BCUT2D eigenvalue weighted by molar-refractivity contribution is -0.135. The molecule has 1 nitrogen and oxygen atoms in total. The zero-order chi connectivity index (χ0) is 19.8. The average Bonchev–Trinajstić information content (AvgIpc) is 3.03. The second-order valence-electron chi connectivity index (χ2n) is 11.7. The molecule has 4 aliphatic rings. The number of nitrogens with zero attached hydrogens (tertiary/aromatic N) is 1. The molecule has 4 aliphatic carbocycles. The Morgan fingerprint density at radius 2 is 1.68 bits per heavy atom. The smallest absolute Gasteiger partial charge is 0.0621 e. The zero-order valence-corrected chi connectivity index (χ0v) is 19.0. The summed E-state index contributed by atoms with van der Waals surface area (Å²) in [5, 5.41) is 8.78. The van der Waals surface area contributed by atoms with E-state index in [0.717, 1.165) is 48.3 Å². The Kier molecular flexibility index (Phi) is 6.16. The van der Waals surface area contributed by atoms with Crippen LogP contribution < -0.4 is 0 Å². The van der Waals surface area contributed by atoms with Crippen LogP contribution in [-0.4, -0.2) is 0 Å². The van der Waals surface area contributed by atoms with Crippen LogP contribution in [-0.2, 0) is 0 Å². The van der Waals surface area contributed by atoms with E-state index >= 15 is 0 Å². The first-order valence-electron chi connectivity index (χ1n) is 12.9. The SMILES string of the molecule is CC[C@H]1CC2C3CCC(CCCCCC#N)C3(C)CC[C@@H]2C2(C)CCCCC12. The Bertz CT molecular complexity index is 575. The summed E-state index contributed by atoms with van der Waals surface area (Å²) >= 11 is 0. The van der Waals surface area contributed by atoms with Gasteiger partial charge in [0, 0.05) is 6.42 Å². The molecule has 6 unspecified atom stereocenters. The Labute approximate surface area is 175 Å². The number of rotatable bonds is 6. The van der Waals surface area contributed by atoms with Gasteiger partial charge in [0.1, 0.15) is 0 Å². The molecule has 0 amide bonds. The highest BCUT2D eigenvalue weighted by Gasteiger charge is 2.60. The van der Waals surface area contributed by atoms with Crippen LogP contribution in [0.2, 0.25) is 0 Å². The van der Waals surface area contributed by atoms with Crippen molar-refractivity contribution in [3.63, 3.8) is 0 Å². The maximum atomic E-state index is 8.78. The summed E-state index contributed by atoms with van der Waals surface area (Å²) < 4.78 is 0. The summed E-state index contributed by atoms with van der Waals surface area (Å²) in [7, 11) is 0. The Morgan fingerprint density at radius 1 is 0.857 bits per heavy atom. The van der Waals surface area contributed by atoms with E-state index in [2.05, 4.69) is 26.8 Å². The lowest BCUT2D eigenvalue weighted by atomic mass is 9.42. The lowest BCUT2D eigenvalue weighted by Gasteiger charge is -2.62. The highest BCUT2D eigenvalue weighted by molar-refractivity contribution is 5.10. The molecule has 0 aromatic rings. The molecule has 0 aromatic carbocycles. The quantitative estimate of drug-likeness (QED) is 0.424. The topological polar surface area (TPSA) is 23.8 Å². The summed E-state index contributed by atoms with van der Waals surface area (Å²) in [6.45, 7) is 7.93. The average molecular weight is 384 g/mol. The number of unbranched alkanes of at least 4 members (excludes halogenated alkanes) is 3. The summed E-state index contributed by atoms with van der Waals surface area (Å²) in [5.74, 6) is 6.11. The van der Waals surface area contributed by atoms with E-state index in [1.54, 1.807) is 6.42 Å². The van der Waals surface area contributed by atoms with Gasteiger partial charge >= 0.3 is 0 Å². The van der Waals surface area contributed by atoms with Gasteiger partial charge in [-0.15, -0.1) is 0 Å². The molecule has 0 aromatic heterocycles. The molecule has 0 bridgehead atoms. The van der Waals surface area contributed by atoms with E-state index in [9.17, 15) is 0 Å². The van der Waals surface area contributed by atoms with Gasteiger partial charge in [0.05, 0.1) is 6.07 Å². The minimum Gasteiger partial charge on any atom is -0.198 e. The largest absolute Gasteiger partial charge is 0.198 e. The Morgan fingerprint density at radius 3 is 2.46 bits per heavy atom. The van der Waals surface area contributed by atoms with Gasteiger partial charge in [-0.05, 0) is 104 Å². The predicted molar refractivity (Wildman–Crippen MR) is 118 cm³/mol. The Balaban J connectivity index is 1.47. The van der Waals surface area contributed by atoms with Gasteiger partial charge in [0.15, 0.2) is 0 Å². The summed E-state index contributed by atoms with van der Waals surface area (Å²) in [6.07, 6.45) is 21.1. The zero-order valence-electron chi connectivity index (χ0n) is 19.0. The fraction of sp³-hybridized carbons (Fsp3) is 0.963. The number of fused-ring (bicyclic) bond motifs is 5. The molecule has 0 heterocycles. The number of hydrogen-bond donors (Lipinski definition) is 0. The van der Waals surface area contributed by atoms with E-state index in [-0.39, 0.29) is 0 Å². The number of nitriles is 1. The first kappa shape index (κ1) is 20.8. The summed E-state index contributed by atoms with van der Waals surface area (Å²) in [5.41, 5.74) is 1.30. The Hall–Kier alpha value is -0.510. The molecular formula is C27H45N. The third-order valence-electron chi connectivity index (χ3n) is 10.8. The van der Waals surface area contributed by atoms with Crippen molar-refractivity contribution in [2.24, 2.45) is 46.3 Å². The minimum atomic E-state index is 0.631. The number of hydrogen-bond acceptors (Lipinski definition) is 1. The van der Waals surface area contributed by atoms with Crippen molar-refractivity contribution >= 4 is 0 Å². The van der Waals surface area contributed by atoms with Gasteiger partial charge in [0.25, 0.3) is 0 Å². The van der Waals surface area contributed by atoms with Crippen molar-refractivity contribution in [3.05, 3.63) is 0 Å². The molecule has 158 valence electrons. The molecule has 4 rings (SSSR count). The van der Waals surface area contributed by atoms with Gasteiger partial charge in [-0.25, -0.2) is 0 Å². The molecule has 28 heavy (non-hydrogen) atoms. The first-order valence-corrected chi connectivity index (χ1v) is 12.9. The third kappa shape index (κ3) is 3.36. The van der Waals surface area contributed by atoms with Crippen molar-refractivity contribution in [2.45, 2.75) is 117 Å². The van der Waals surface area contributed by atoms with Crippen LogP contribution in [0.3, 0.4) is 0 Å². The van der Waals surface area contributed by atoms with Crippen molar-refractivity contribution in [3.8, 4) is 6.07 Å². The monoisotopic (exact) mass is 383 g/mol. The van der Waals surface area contributed by atoms with Crippen LogP contribution in [0, 0.1) is 57.7 Å². The van der Waals surface area contributed by atoms with Crippen LogP contribution in [0.4, 0.5) is 0 Å². The lowest BCUT2D eigenvalue weighted by Crippen LogP contribution is -2.55. The highest BCUT2D eigenvalue weighted by Crippen LogP contribution is 2.69. The van der Waals surface area contributed by atoms with Gasteiger partial charge in [-0.3, -0.25) is 0 Å².